The van der Waals surface area contributed by atoms with Crippen molar-refractivity contribution in [1.29, 1.82) is 0 Å². The van der Waals surface area contributed by atoms with E-state index in [2.05, 4.69) is 10.1 Å². The van der Waals surface area contributed by atoms with Crippen LogP contribution >= 0.6 is 0 Å². The van der Waals surface area contributed by atoms with Crippen molar-refractivity contribution in [3.63, 3.8) is 0 Å². The van der Waals surface area contributed by atoms with Gasteiger partial charge in [0.15, 0.2) is 0 Å². The fourth-order valence-corrected chi connectivity index (χ4v) is 4.53. The minimum absolute atomic E-state index is 0.0545. The third kappa shape index (κ3) is 4.38. The van der Waals surface area contributed by atoms with Gasteiger partial charge < -0.3 is 4.52 Å². The Morgan fingerprint density at radius 2 is 1.67 bits per heavy atom. The van der Waals surface area contributed by atoms with Gasteiger partial charge in [-0.2, -0.15) is 5.16 Å². The van der Waals surface area contributed by atoms with Crippen molar-refractivity contribution in [2.45, 2.75) is 44.1 Å². The van der Waals surface area contributed by atoms with Crippen LogP contribution in [0.15, 0.2) is 57.8 Å². The number of fused-ring (bicyclic) bond motifs is 1. The molecule has 1 aliphatic rings. The number of hydrogen-bond acceptors (Lipinski definition) is 3. The second kappa shape index (κ2) is 8.96. The summed E-state index contributed by atoms with van der Waals surface area (Å²) >= 11 is 0. The van der Waals surface area contributed by atoms with E-state index >= 15 is 0 Å². The molecule has 4 rings (SSSR count). The van der Waals surface area contributed by atoms with Crippen molar-refractivity contribution in [2.75, 3.05) is 13.6 Å². The fourth-order valence-electron chi connectivity index (χ4n) is 4.53. The zero-order chi connectivity index (χ0) is 21.1. The summed E-state index contributed by atoms with van der Waals surface area (Å²) in [6.07, 6.45) is 4.46. The van der Waals surface area contributed by atoms with E-state index in [0.29, 0.717) is 0 Å². The van der Waals surface area contributed by atoms with Crippen molar-refractivity contribution in [2.24, 2.45) is 0 Å². The van der Waals surface area contributed by atoms with Crippen LogP contribution in [0.5, 0.6) is 0 Å². The Hall–Kier alpha value is -2.73. The normalized spacial score (nSPS) is 16.2. The molecule has 0 bridgehead atoms. The third-order valence-corrected chi connectivity index (χ3v) is 6.11. The number of nitrogens with zero attached hydrogens (tertiary/aromatic N) is 1. The highest BCUT2D eigenvalue weighted by atomic mass is 19.1. The topological polar surface area (TPSA) is 49.2 Å². The van der Waals surface area contributed by atoms with Gasteiger partial charge in [0, 0.05) is 18.4 Å². The van der Waals surface area contributed by atoms with E-state index in [9.17, 15) is 13.6 Å². The van der Waals surface area contributed by atoms with Crippen LogP contribution in [0.2, 0.25) is 0 Å². The standard InChI is InChI=1S/C24H26F2N2O2/c1-28(21-5-2-6-22-23(21)24(29)27-30-22)15-3-4-20(16-7-11-18(25)12-8-16)17-9-13-19(26)14-10-17/h7-14,20-21H,2-6,15H2,1H3,(H,27,29)/t21-/m1/s1. The molecule has 30 heavy (non-hydrogen) atoms. The predicted molar refractivity (Wildman–Crippen MR) is 112 cm³/mol. The summed E-state index contributed by atoms with van der Waals surface area (Å²) in [7, 11) is 2.04. The molecule has 4 nitrogen and oxygen atoms in total. The molecule has 3 aromatic rings. The Morgan fingerprint density at radius 3 is 2.27 bits per heavy atom. The van der Waals surface area contributed by atoms with Crippen LogP contribution in [0, 0.1) is 11.6 Å². The van der Waals surface area contributed by atoms with Crippen molar-refractivity contribution < 1.29 is 13.3 Å². The Bertz CT molecular complexity index is 979. The molecule has 1 N–H and O–H groups in total. The predicted octanol–water partition coefficient (Wildman–Crippen LogP) is 5.17. The van der Waals surface area contributed by atoms with Gasteiger partial charge in [0.05, 0.1) is 5.56 Å². The van der Waals surface area contributed by atoms with E-state index in [4.69, 9.17) is 4.52 Å². The lowest BCUT2D eigenvalue weighted by Gasteiger charge is -2.30. The van der Waals surface area contributed by atoms with Crippen LogP contribution in [0.4, 0.5) is 8.78 Å². The zero-order valence-electron chi connectivity index (χ0n) is 17.0. The van der Waals surface area contributed by atoms with Crippen LogP contribution in [-0.4, -0.2) is 23.6 Å². The molecular weight excluding hydrogens is 386 g/mol. The minimum Gasteiger partial charge on any atom is -0.383 e. The lowest BCUT2D eigenvalue weighted by molar-refractivity contribution is 0.209. The first-order valence-electron chi connectivity index (χ1n) is 10.4. The monoisotopic (exact) mass is 412 g/mol. The van der Waals surface area contributed by atoms with Crippen molar-refractivity contribution >= 4 is 0 Å². The highest BCUT2D eigenvalue weighted by molar-refractivity contribution is 5.32. The molecule has 0 unspecified atom stereocenters. The molecular formula is C24H26F2N2O2. The van der Waals surface area contributed by atoms with Gasteiger partial charge >= 0.3 is 0 Å². The number of aryl methyl sites for hydroxylation is 1. The van der Waals surface area contributed by atoms with Crippen molar-refractivity contribution in [3.8, 4) is 0 Å². The third-order valence-electron chi connectivity index (χ3n) is 6.11. The van der Waals surface area contributed by atoms with Crippen LogP contribution in [0.3, 0.4) is 0 Å². The number of hydrogen-bond donors (Lipinski definition) is 1. The Kier molecular flexibility index (Phi) is 6.13. The van der Waals surface area contributed by atoms with Crippen LogP contribution in [-0.2, 0) is 6.42 Å². The smallest absolute Gasteiger partial charge is 0.284 e. The average molecular weight is 412 g/mol. The number of rotatable bonds is 7. The maximum Gasteiger partial charge on any atom is 0.284 e. The molecule has 158 valence electrons. The van der Waals surface area contributed by atoms with E-state index in [-0.39, 0.29) is 29.2 Å². The van der Waals surface area contributed by atoms with Gasteiger partial charge in [-0.25, -0.2) is 8.78 Å². The van der Waals surface area contributed by atoms with Gasteiger partial charge in [0.1, 0.15) is 17.4 Å². The van der Waals surface area contributed by atoms with Gasteiger partial charge in [-0.3, -0.25) is 9.69 Å². The molecule has 1 atom stereocenters. The molecule has 0 amide bonds. The molecule has 0 saturated heterocycles. The summed E-state index contributed by atoms with van der Waals surface area (Å²) < 4.78 is 32.1. The lowest BCUT2D eigenvalue weighted by atomic mass is 9.87. The molecule has 1 aliphatic carbocycles. The summed E-state index contributed by atoms with van der Waals surface area (Å²) in [6.45, 7) is 0.813. The summed E-state index contributed by atoms with van der Waals surface area (Å²) in [6, 6.07) is 13.1. The maximum absolute atomic E-state index is 13.4. The minimum atomic E-state index is -0.269. The summed E-state index contributed by atoms with van der Waals surface area (Å²) in [5.41, 5.74) is 2.66. The number of halogens is 2. The summed E-state index contributed by atoms with van der Waals surface area (Å²) in [5.74, 6) is 0.294. The Balaban J connectivity index is 1.46. The fraction of sp³-hybridized carbons (Fsp3) is 0.375. The van der Waals surface area contributed by atoms with E-state index in [0.717, 1.165) is 61.1 Å². The molecule has 6 heteroatoms. The number of aromatic nitrogens is 1. The highest BCUT2D eigenvalue weighted by Crippen LogP contribution is 2.33. The number of aromatic amines is 1. The first kappa shape index (κ1) is 20.5. The van der Waals surface area contributed by atoms with Gasteiger partial charge in [-0.1, -0.05) is 24.3 Å². The van der Waals surface area contributed by atoms with Gasteiger partial charge in [-0.15, -0.1) is 0 Å². The molecule has 0 radical (unpaired) electrons. The SMILES string of the molecule is CN(CCCC(c1ccc(F)cc1)c1ccc(F)cc1)[C@@H]1CCCc2o[nH]c(=O)c21. The number of nitrogens with one attached hydrogen (secondary N) is 1. The lowest BCUT2D eigenvalue weighted by Crippen LogP contribution is -2.31. The molecule has 0 spiro atoms. The molecule has 0 saturated carbocycles. The van der Waals surface area contributed by atoms with Crippen molar-refractivity contribution in [1.82, 2.24) is 10.1 Å². The number of benzene rings is 2. The van der Waals surface area contributed by atoms with Crippen LogP contribution in [0.1, 0.15) is 60.1 Å². The first-order chi connectivity index (χ1) is 14.5. The zero-order valence-corrected chi connectivity index (χ0v) is 17.0. The maximum atomic E-state index is 13.4. The van der Waals surface area contributed by atoms with E-state index in [1.807, 2.05) is 7.05 Å². The Labute approximate surface area is 174 Å². The van der Waals surface area contributed by atoms with E-state index in [1.165, 1.54) is 24.3 Å². The van der Waals surface area contributed by atoms with Gasteiger partial charge in [0.2, 0.25) is 0 Å². The average Bonchev–Trinajstić information content (AvgIpc) is 3.14. The quantitative estimate of drug-likeness (QED) is 0.583. The Morgan fingerprint density at radius 1 is 1.07 bits per heavy atom. The first-order valence-corrected chi connectivity index (χ1v) is 10.4. The highest BCUT2D eigenvalue weighted by Gasteiger charge is 2.29. The van der Waals surface area contributed by atoms with Gasteiger partial charge in [-0.05, 0) is 74.7 Å². The largest absolute Gasteiger partial charge is 0.383 e. The van der Waals surface area contributed by atoms with Crippen molar-refractivity contribution in [3.05, 3.63) is 93.0 Å². The van der Waals surface area contributed by atoms with Gasteiger partial charge in [0.25, 0.3) is 5.56 Å². The second-order valence-corrected chi connectivity index (χ2v) is 8.06. The molecule has 1 heterocycles. The van der Waals surface area contributed by atoms with Crippen LogP contribution < -0.4 is 5.56 Å². The number of H-pyrrole nitrogens is 1. The molecule has 2 aromatic carbocycles. The molecule has 0 fully saturated rings. The summed E-state index contributed by atoms with van der Waals surface area (Å²) in [5, 5.41) is 2.47. The molecule has 1 aromatic heterocycles. The van der Waals surface area contributed by atoms with Crippen LogP contribution in [0.25, 0.3) is 0 Å². The second-order valence-electron chi connectivity index (χ2n) is 8.06. The summed E-state index contributed by atoms with van der Waals surface area (Å²) in [4.78, 5) is 14.4. The molecule has 0 aliphatic heterocycles. The van der Waals surface area contributed by atoms with E-state index in [1.54, 1.807) is 24.3 Å². The van der Waals surface area contributed by atoms with E-state index < -0.39 is 0 Å².